The van der Waals surface area contributed by atoms with Gasteiger partial charge < -0.3 is 20.2 Å². The van der Waals surface area contributed by atoms with Crippen LogP contribution in [0.2, 0.25) is 0 Å². The van der Waals surface area contributed by atoms with Crippen molar-refractivity contribution in [2.45, 2.75) is 56.9 Å². The Morgan fingerprint density at radius 2 is 1.90 bits per heavy atom. The van der Waals surface area contributed by atoms with E-state index in [2.05, 4.69) is 22.1 Å². The first-order valence-corrected chi connectivity index (χ1v) is 11.8. The van der Waals surface area contributed by atoms with E-state index < -0.39 is 0 Å². The van der Waals surface area contributed by atoms with Crippen LogP contribution in [-0.2, 0) is 6.42 Å². The zero-order valence-electron chi connectivity index (χ0n) is 18.1. The Kier molecular flexibility index (Phi) is 6.08. The highest BCUT2D eigenvalue weighted by atomic mass is 19.1. The van der Waals surface area contributed by atoms with Crippen molar-refractivity contribution in [2.75, 3.05) is 19.6 Å². The number of benzene rings is 2. The molecule has 164 valence electrons. The fourth-order valence-corrected chi connectivity index (χ4v) is 5.58. The molecule has 2 N–H and O–H groups in total. The molecule has 1 fully saturated rings. The molecule has 3 aromatic rings. The summed E-state index contributed by atoms with van der Waals surface area (Å²) in [5, 5.41) is 14.1. The number of aryl methyl sites for hydroxylation is 1. The summed E-state index contributed by atoms with van der Waals surface area (Å²) in [6, 6.07) is 13.3. The van der Waals surface area contributed by atoms with E-state index in [0.29, 0.717) is 11.0 Å². The Bertz CT molecular complexity index is 1020. The third-order valence-electron chi connectivity index (χ3n) is 7.40. The third kappa shape index (κ3) is 4.40. The molecule has 5 rings (SSSR count). The predicted octanol–water partition coefficient (Wildman–Crippen LogP) is 4.69. The lowest BCUT2D eigenvalue weighted by molar-refractivity contribution is -0.811. The predicted molar refractivity (Wildman–Crippen MR) is 123 cm³/mol. The smallest absolute Gasteiger partial charge is 0.134 e. The maximum Gasteiger partial charge on any atom is 0.134 e. The van der Waals surface area contributed by atoms with E-state index >= 15 is 0 Å². The van der Waals surface area contributed by atoms with Gasteiger partial charge in [0, 0.05) is 35.5 Å². The molecule has 2 aromatic carbocycles. The SMILES string of the molecule is [O-][NH+]1c2ccccc2CCC1CCCCN1CCC(c2c[nH]c3ccc(F)cc23)CC1. The van der Waals surface area contributed by atoms with Crippen molar-refractivity contribution in [1.29, 1.82) is 0 Å². The second-order valence-electron chi connectivity index (χ2n) is 9.30. The van der Waals surface area contributed by atoms with Gasteiger partial charge in [-0.15, -0.1) is 0 Å². The van der Waals surface area contributed by atoms with Crippen LogP contribution in [0.1, 0.15) is 55.6 Å². The molecule has 2 aliphatic rings. The maximum atomic E-state index is 13.7. The molecule has 0 saturated carbocycles. The second kappa shape index (κ2) is 9.11. The van der Waals surface area contributed by atoms with Gasteiger partial charge in [0.2, 0.25) is 0 Å². The van der Waals surface area contributed by atoms with Gasteiger partial charge in [-0.05, 0) is 87.5 Å². The van der Waals surface area contributed by atoms with E-state index in [9.17, 15) is 9.60 Å². The van der Waals surface area contributed by atoms with Crippen LogP contribution in [0.3, 0.4) is 0 Å². The average Bonchev–Trinajstić information content (AvgIpc) is 3.21. The number of nitrogens with one attached hydrogen (secondary N) is 2. The number of aromatic amines is 1. The molecule has 4 nitrogen and oxygen atoms in total. The van der Waals surface area contributed by atoms with Crippen LogP contribution in [0.5, 0.6) is 0 Å². The number of aromatic nitrogens is 1. The van der Waals surface area contributed by atoms with Gasteiger partial charge in [-0.3, -0.25) is 0 Å². The Labute approximate surface area is 183 Å². The van der Waals surface area contributed by atoms with Crippen molar-refractivity contribution in [3.8, 4) is 0 Å². The molecular weight excluding hydrogens is 389 g/mol. The molecule has 0 bridgehead atoms. The van der Waals surface area contributed by atoms with Gasteiger partial charge >= 0.3 is 0 Å². The molecule has 2 unspecified atom stereocenters. The first-order valence-electron chi connectivity index (χ1n) is 11.8. The summed E-state index contributed by atoms with van der Waals surface area (Å²) in [6.07, 6.45) is 9.68. The standard InChI is InChI=1S/C26H32FN3O/c27-21-9-11-25-23(17-21)24(18-28-25)19-12-15-29(16-13-19)14-4-3-6-22-10-8-20-5-1-2-7-26(20)30(22)31/h1-2,5,7,9,11,17-19,22,28,30H,3-4,6,8,10,12-16H2. The topological polar surface area (TPSA) is 46.5 Å². The Morgan fingerprint density at radius 1 is 1.06 bits per heavy atom. The zero-order valence-corrected chi connectivity index (χ0v) is 18.1. The van der Waals surface area contributed by atoms with Gasteiger partial charge in [-0.1, -0.05) is 18.2 Å². The summed E-state index contributed by atoms with van der Waals surface area (Å²) in [7, 11) is 0. The van der Waals surface area contributed by atoms with Gasteiger partial charge in [-0.25, -0.2) is 4.39 Å². The molecule has 0 spiro atoms. The van der Waals surface area contributed by atoms with Crippen LogP contribution in [-0.4, -0.2) is 35.6 Å². The van der Waals surface area contributed by atoms with Crippen molar-refractivity contribution >= 4 is 16.6 Å². The van der Waals surface area contributed by atoms with Gasteiger partial charge in [0.1, 0.15) is 11.5 Å². The molecule has 0 aliphatic carbocycles. The van der Waals surface area contributed by atoms with E-state index in [1.165, 1.54) is 17.2 Å². The minimum absolute atomic E-state index is 0.161. The number of H-pyrrole nitrogens is 1. The van der Waals surface area contributed by atoms with E-state index in [-0.39, 0.29) is 11.9 Å². The van der Waals surface area contributed by atoms with Gasteiger partial charge in [0.25, 0.3) is 0 Å². The first-order chi connectivity index (χ1) is 15.2. The lowest BCUT2D eigenvalue weighted by Crippen LogP contribution is -3.07. The quantitative estimate of drug-likeness (QED) is 0.448. The number of piperidine rings is 1. The Morgan fingerprint density at radius 3 is 2.77 bits per heavy atom. The molecule has 1 saturated heterocycles. The second-order valence-corrected chi connectivity index (χ2v) is 9.30. The summed E-state index contributed by atoms with van der Waals surface area (Å²) in [4.78, 5) is 5.86. The van der Waals surface area contributed by atoms with E-state index in [1.54, 1.807) is 6.07 Å². The Balaban J connectivity index is 1.07. The number of para-hydroxylation sites is 1. The lowest BCUT2D eigenvalue weighted by Gasteiger charge is -2.36. The summed E-state index contributed by atoms with van der Waals surface area (Å²) >= 11 is 0. The van der Waals surface area contributed by atoms with Crippen LogP contribution < -0.4 is 5.06 Å². The minimum atomic E-state index is -0.161. The van der Waals surface area contributed by atoms with Crippen molar-refractivity contribution in [2.24, 2.45) is 0 Å². The molecule has 1 aromatic heterocycles. The third-order valence-corrected chi connectivity index (χ3v) is 7.40. The number of unbranched alkanes of at least 4 members (excludes halogenated alkanes) is 1. The Hall–Kier alpha value is -2.21. The number of hydrogen-bond donors (Lipinski definition) is 2. The molecule has 2 aliphatic heterocycles. The average molecular weight is 422 g/mol. The van der Waals surface area contributed by atoms with Gasteiger partial charge in [0.05, 0.1) is 6.04 Å². The van der Waals surface area contributed by atoms with Crippen molar-refractivity contribution < 1.29 is 9.45 Å². The molecule has 2 atom stereocenters. The molecule has 0 radical (unpaired) electrons. The minimum Gasteiger partial charge on any atom is -0.629 e. The van der Waals surface area contributed by atoms with Crippen LogP contribution in [0.25, 0.3) is 10.9 Å². The molecule has 5 heteroatoms. The fourth-order valence-electron chi connectivity index (χ4n) is 5.58. The van der Waals surface area contributed by atoms with E-state index in [1.807, 2.05) is 24.3 Å². The summed E-state index contributed by atoms with van der Waals surface area (Å²) in [5.41, 5.74) is 4.48. The number of quaternary nitrogens is 1. The van der Waals surface area contributed by atoms with Crippen molar-refractivity contribution in [1.82, 2.24) is 9.88 Å². The zero-order chi connectivity index (χ0) is 21.2. The number of halogens is 1. The van der Waals surface area contributed by atoms with Gasteiger partial charge in [-0.2, -0.15) is 0 Å². The number of likely N-dealkylation sites (tertiary alicyclic amines) is 1. The van der Waals surface area contributed by atoms with Crippen molar-refractivity contribution in [3.05, 3.63) is 70.8 Å². The van der Waals surface area contributed by atoms with E-state index in [0.717, 1.165) is 81.2 Å². The first kappa shape index (κ1) is 20.7. The fraction of sp³-hybridized carbons (Fsp3) is 0.462. The van der Waals surface area contributed by atoms with Crippen molar-refractivity contribution in [3.63, 3.8) is 0 Å². The largest absolute Gasteiger partial charge is 0.629 e. The monoisotopic (exact) mass is 421 g/mol. The molecule has 0 amide bonds. The maximum absolute atomic E-state index is 13.7. The normalized spacial score (nSPS) is 22.6. The molecule has 31 heavy (non-hydrogen) atoms. The number of hydroxylamine groups is 1. The molecule has 3 heterocycles. The highest BCUT2D eigenvalue weighted by Crippen LogP contribution is 2.33. The summed E-state index contributed by atoms with van der Waals surface area (Å²) in [5.74, 6) is 0.345. The van der Waals surface area contributed by atoms with E-state index in [4.69, 9.17) is 0 Å². The number of rotatable bonds is 6. The highest BCUT2D eigenvalue weighted by molar-refractivity contribution is 5.83. The number of fused-ring (bicyclic) bond motifs is 2. The summed E-state index contributed by atoms with van der Waals surface area (Å²) in [6.45, 7) is 3.32. The summed E-state index contributed by atoms with van der Waals surface area (Å²) < 4.78 is 13.7. The van der Waals surface area contributed by atoms with Crippen LogP contribution in [0, 0.1) is 11.0 Å². The van der Waals surface area contributed by atoms with Gasteiger partial charge in [0.15, 0.2) is 0 Å². The molecular formula is C26H32FN3O. The number of hydrogen-bond acceptors (Lipinski definition) is 2. The van der Waals surface area contributed by atoms with Crippen LogP contribution in [0.4, 0.5) is 10.1 Å². The van der Waals surface area contributed by atoms with Crippen LogP contribution in [0.15, 0.2) is 48.7 Å². The number of nitrogens with zero attached hydrogens (tertiary/aromatic N) is 1. The lowest BCUT2D eigenvalue weighted by atomic mass is 9.89. The van der Waals surface area contributed by atoms with Crippen LogP contribution >= 0.6 is 0 Å². The highest BCUT2D eigenvalue weighted by Gasteiger charge is 2.26.